The number of nitrogens with one attached hydrogen (secondary N) is 1. The highest BCUT2D eigenvalue weighted by Crippen LogP contribution is 2.67. The first-order valence-electron chi connectivity index (χ1n) is 15.4. The van der Waals surface area contributed by atoms with Crippen LogP contribution >= 0.6 is 0 Å². The van der Waals surface area contributed by atoms with Crippen molar-refractivity contribution in [2.45, 2.75) is 89.8 Å². The number of aliphatic hydroxyl groups is 2. The second-order valence-electron chi connectivity index (χ2n) is 13.5. The molecule has 0 aromatic heterocycles. The first-order valence-corrected chi connectivity index (χ1v) is 15.4. The van der Waals surface area contributed by atoms with Crippen LogP contribution in [0.2, 0.25) is 0 Å². The van der Waals surface area contributed by atoms with Gasteiger partial charge in [-0.2, -0.15) is 0 Å². The lowest BCUT2D eigenvalue weighted by molar-refractivity contribution is -0.184. The predicted molar refractivity (Wildman–Crippen MR) is 155 cm³/mol. The Morgan fingerprint density at radius 3 is 2.56 bits per heavy atom. The lowest BCUT2D eigenvalue weighted by Crippen LogP contribution is -2.62. The molecule has 1 aromatic carbocycles. The summed E-state index contributed by atoms with van der Waals surface area (Å²) in [7, 11) is 0. The Bertz CT molecular complexity index is 1340. The SMILES string of the molecule is C[C@]12CCC(=O)C=C1CC[C@@H]1[C@@H]2[C@H](O)C[C@]2(C)[C@H]1CC[C@]2(O)C(=O)COC(=O)CCC(=O)NCCc1ccc(O)c(O)c1. The summed E-state index contributed by atoms with van der Waals surface area (Å²) in [6.45, 7) is 3.71. The molecule has 5 N–H and O–H groups in total. The maximum Gasteiger partial charge on any atom is 0.306 e. The van der Waals surface area contributed by atoms with Crippen LogP contribution in [-0.2, 0) is 30.3 Å². The van der Waals surface area contributed by atoms with Gasteiger partial charge < -0.3 is 30.5 Å². The van der Waals surface area contributed by atoms with Gasteiger partial charge in [-0.3, -0.25) is 19.2 Å². The number of hydrogen-bond acceptors (Lipinski definition) is 9. The molecule has 43 heavy (non-hydrogen) atoms. The third-order valence-electron chi connectivity index (χ3n) is 11.2. The molecule has 10 nitrogen and oxygen atoms in total. The number of Topliss-reactive ketones (excluding diaryl/α,β-unsaturated/α-hetero) is 1. The molecule has 4 aliphatic rings. The van der Waals surface area contributed by atoms with Gasteiger partial charge in [-0.25, -0.2) is 0 Å². The number of aliphatic hydroxyl groups excluding tert-OH is 1. The Hall–Kier alpha value is -3.24. The van der Waals surface area contributed by atoms with Crippen LogP contribution < -0.4 is 5.32 Å². The minimum atomic E-state index is -1.73. The van der Waals surface area contributed by atoms with Crippen LogP contribution in [0, 0.1) is 28.6 Å². The van der Waals surface area contributed by atoms with E-state index in [1.54, 1.807) is 12.1 Å². The molecule has 7 atom stereocenters. The molecule has 1 aromatic rings. The number of hydrogen-bond donors (Lipinski definition) is 5. The largest absolute Gasteiger partial charge is 0.504 e. The quantitative estimate of drug-likeness (QED) is 0.212. The molecule has 0 heterocycles. The van der Waals surface area contributed by atoms with Gasteiger partial charge in [0.1, 0.15) is 5.60 Å². The van der Waals surface area contributed by atoms with E-state index in [2.05, 4.69) is 12.2 Å². The van der Waals surface area contributed by atoms with Crippen LogP contribution in [-0.4, -0.2) is 68.7 Å². The number of fused-ring (bicyclic) bond motifs is 5. The van der Waals surface area contributed by atoms with Crippen LogP contribution in [0.25, 0.3) is 0 Å². The topological polar surface area (TPSA) is 170 Å². The van der Waals surface area contributed by atoms with Crippen LogP contribution in [0.3, 0.4) is 0 Å². The van der Waals surface area contributed by atoms with Crippen molar-refractivity contribution in [3.05, 3.63) is 35.4 Å². The summed E-state index contributed by atoms with van der Waals surface area (Å²) in [5, 5.41) is 44.9. The highest BCUT2D eigenvalue weighted by atomic mass is 16.5. The number of esters is 1. The molecule has 0 aliphatic heterocycles. The first-order chi connectivity index (χ1) is 20.3. The van der Waals surface area contributed by atoms with Crippen LogP contribution in [0.15, 0.2) is 29.8 Å². The van der Waals surface area contributed by atoms with Gasteiger partial charge in [0.05, 0.1) is 12.5 Å². The number of phenols is 2. The first kappa shape index (κ1) is 31.2. The molecule has 234 valence electrons. The molecule has 3 saturated carbocycles. The van der Waals surface area contributed by atoms with Gasteiger partial charge in [0.15, 0.2) is 23.9 Å². The summed E-state index contributed by atoms with van der Waals surface area (Å²) in [5.74, 6) is -1.88. The van der Waals surface area contributed by atoms with E-state index in [4.69, 9.17) is 4.74 Å². The Kier molecular flexibility index (Phi) is 8.48. The van der Waals surface area contributed by atoms with Crippen molar-refractivity contribution in [2.24, 2.45) is 28.6 Å². The molecule has 5 rings (SSSR count). The van der Waals surface area contributed by atoms with Gasteiger partial charge in [-0.15, -0.1) is 0 Å². The molecule has 10 heteroatoms. The number of aromatic hydroxyl groups is 2. The number of ketones is 2. The van der Waals surface area contributed by atoms with Crippen molar-refractivity contribution in [1.82, 2.24) is 5.32 Å². The van der Waals surface area contributed by atoms with Gasteiger partial charge in [0, 0.05) is 24.8 Å². The number of phenolic OH excluding ortho intramolecular Hbond substituents is 2. The molecule has 0 spiro atoms. The van der Waals surface area contributed by atoms with Crippen LogP contribution in [0.4, 0.5) is 0 Å². The molecule has 0 bridgehead atoms. The minimum absolute atomic E-state index is 0.0239. The Balaban J connectivity index is 1.13. The summed E-state index contributed by atoms with van der Waals surface area (Å²) < 4.78 is 5.20. The maximum absolute atomic E-state index is 13.4. The zero-order valence-electron chi connectivity index (χ0n) is 24.9. The lowest BCUT2D eigenvalue weighted by atomic mass is 9.45. The van der Waals surface area contributed by atoms with Gasteiger partial charge in [-0.1, -0.05) is 25.5 Å². The molecule has 0 radical (unpaired) electrons. The van der Waals surface area contributed by atoms with Crippen molar-refractivity contribution >= 4 is 23.4 Å². The fourth-order valence-corrected chi connectivity index (χ4v) is 8.86. The summed E-state index contributed by atoms with van der Waals surface area (Å²) in [6.07, 6.45) is 5.00. The van der Waals surface area contributed by atoms with Gasteiger partial charge in [-0.05, 0) is 91.9 Å². The normalized spacial score (nSPS) is 34.8. The second kappa shape index (κ2) is 11.7. The lowest BCUT2D eigenvalue weighted by Gasteiger charge is -2.60. The average molecular weight is 598 g/mol. The number of amides is 1. The zero-order chi connectivity index (χ0) is 31.2. The van der Waals surface area contributed by atoms with Crippen molar-refractivity contribution in [3.63, 3.8) is 0 Å². The number of benzene rings is 1. The van der Waals surface area contributed by atoms with E-state index in [9.17, 15) is 39.6 Å². The third-order valence-corrected chi connectivity index (χ3v) is 11.2. The molecule has 3 fully saturated rings. The number of carbonyl (C=O) groups excluding carboxylic acids is 4. The molecule has 0 unspecified atom stereocenters. The van der Waals surface area contributed by atoms with E-state index in [0.29, 0.717) is 25.7 Å². The summed E-state index contributed by atoms with van der Waals surface area (Å²) in [5.41, 5.74) is -1.02. The van der Waals surface area contributed by atoms with Crippen molar-refractivity contribution in [3.8, 4) is 11.5 Å². The van der Waals surface area contributed by atoms with Crippen LogP contribution in [0.1, 0.15) is 77.2 Å². The number of ether oxygens (including phenoxy) is 1. The maximum atomic E-state index is 13.4. The molecule has 1 amide bonds. The van der Waals surface area contributed by atoms with Crippen molar-refractivity contribution in [2.75, 3.05) is 13.2 Å². The van der Waals surface area contributed by atoms with E-state index in [-0.39, 0.29) is 78.6 Å². The zero-order valence-corrected chi connectivity index (χ0v) is 24.9. The molecule has 0 saturated heterocycles. The van der Waals surface area contributed by atoms with E-state index in [1.165, 1.54) is 12.1 Å². The fraction of sp³-hybridized carbons (Fsp3) is 0.636. The number of allylic oxidation sites excluding steroid dienone is 1. The van der Waals surface area contributed by atoms with E-state index >= 15 is 0 Å². The Labute approximate surface area is 251 Å². The number of rotatable bonds is 9. The average Bonchev–Trinajstić information content (AvgIpc) is 3.23. The van der Waals surface area contributed by atoms with E-state index in [1.807, 2.05) is 6.92 Å². The Morgan fingerprint density at radius 1 is 1.05 bits per heavy atom. The van der Waals surface area contributed by atoms with Crippen LogP contribution in [0.5, 0.6) is 11.5 Å². The summed E-state index contributed by atoms with van der Waals surface area (Å²) in [6, 6.07) is 4.40. The fourth-order valence-electron chi connectivity index (χ4n) is 8.86. The van der Waals surface area contributed by atoms with Crippen molar-refractivity contribution < 1.29 is 44.3 Å². The second-order valence-corrected chi connectivity index (χ2v) is 13.5. The predicted octanol–water partition coefficient (Wildman–Crippen LogP) is 2.88. The highest BCUT2D eigenvalue weighted by molar-refractivity contribution is 5.92. The van der Waals surface area contributed by atoms with E-state index < -0.39 is 35.5 Å². The third kappa shape index (κ3) is 5.59. The smallest absolute Gasteiger partial charge is 0.306 e. The van der Waals surface area contributed by atoms with E-state index in [0.717, 1.165) is 24.0 Å². The molecule has 4 aliphatic carbocycles. The number of carbonyl (C=O) groups is 4. The van der Waals surface area contributed by atoms with Crippen molar-refractivity contribution in [1.29, 1.82) is 0 Å². The summed E-state index contributed by atoms with van der Waals surface area (Å²) in [4.78, 5) is 50.1. The minimum Gasteiger partial charge on any atom is -0.504 e. The van der Waals surface area contributed by atoms with Gasteiger partial charge in [0.25, 0.3) is 0 Å². The molecular weight excluding hydrogens is 554 g/mol. The standard InChI is InChI=1S/C33H43NO9/c1-31-12-9-21(35)16-20(31)4-5-22-23-10-13-33(42,32(23,2)17-26(38)30(22)31)27(39)18-43-29(41)8-7-28(40)34-14-11-19-3-6-24(36)25(37)15-19/h3,6,15-16,22-23,26,30,36-38,42H,4-5,7-14,17-18H2,1-2H3,(H,34,40)/t22-,23-,26+,30+,31-,32+,33-/m0/s1. The Morgan fingerprint density at radius 2 is 1.81 bits per heavy atom. The van der Waals surface area contributed by atoms with Gasteiger partial charge in [0.2, 0.25) is 11.7 Å². The summed E-state index contributed by atoms with van der Waals surface area (Å²) >= 11 is 0. The van der Waals surface area contributed by atoms with Gasteiger partial charge >= 0.3 is 5.97 Å². The molecular formula is C33H43NO9. The monoisotopic (exact) mass is 597 g/mol. The highest BCUT2D eigenvalue weighted by Gasteiger charge is 2.68.